The zero-order chi connectivity index (χ0) is 18.7. The van der Waals surface area contributed by atoms with Crippen molar-refractivity contribution in [2.45, 2.75) is 26.1 Å². The topological polar surface area (TPSA) is 55.4 Å². The van der Waals surface area contributed by atoms with Crippen molar-refractivity contribution < 1.29 is 14.0 Å². The van der Waals surface area contributed by atoms with Gasteiger partial charge in [-0.2, -0.15) is 0 Å². The Morgan fingerprint density at radius 1 is 0.962 bits per heavy atom. The number of hydrogen-bond donors (Lipinski definition) is 1. The minimum atomic E-state index is -1.64. The van der Waals surface area contributed by atoms with Gasteiger partial charge >= 0.3 is 0 Å². The molecule has 0 spiro atoms. The monoisotopic (exact) mass is 365 g/mol. The highest BCUT2D eigenvalue weighted by Crippen LogP contribution is 2.20. The van der Waals surface area contributed by atoms with E-state index in [2.05, 4.69) is 25.0 Å². The molecule has 5 heteroatoms. The highest BCUT2D eigenvalue weighted by atomic mass is 28.4. The number of ketones is 2. The van der Waals surface area contributed by atoms with Crippen molar-refractivity contribution in [1.29, 1.82) is 0 Å². The molecule has 0 unspecified atom stereocenters. The molecule has 134 valence electrons. The van der Waals surface area contributed by atoms with Crippen molar-refractivity contribution in [3.05, 3.63) is 77.0 Å². The van der Waals surface area contributed by atoms with Gasteiger partial charge in [0.05, 0.1) is 5.70 Å². The van der Waals surface area contributed by atoms with Crippen LogP contribution in [0.2, 0.25) is 19.6 Å². The summed E-state index contributed by atoms with van der Waals surface area (Å²) in [5, 5.41) is 3.12. The summed E-state index contributed by atoms with van der Waals surface area (Å²) in [5.74, 6) is 0.628. The Bertz CT molecular complexity index is 881. The number of fused-ring (bicyclic) bond motifs is 1. The molecule has 0 saturated heterocycles. The van der Waals surface area contributed by atoms with Crippen LogP contribution in [0.25, 0.3) is 0 Å². The van der Waals surface area contributed by atoms with Gasteiger partial charge in [0, 0.05) is 23.7 Å². The van der Waals surface area contributed by atoms with Crippen molar-refractivity contribution in [3.63, 3.8) is 0 Å². The fraction of sp³-hybridized carbons (Fsp3) is 0.238. The maximum Gasteiger partial charge on any atom is 0.242 e. The number of Topliss-reactive ketones (excluding diaryl/α,β-unsaturated/α-hetero) is 1. The van der Waals surface area contributed by atoms with Crippen LogP contribution in [-0.4, -0.2) is 26.4 Å². The Labute approximate surface area is 155 Å². The number of allylic oxidation sites excluding steroid dienone is 2. The summed E-state index contributed by atoms with van der Waals surface area (Å²) in [6.07, 6.45) is 2.14. The molecular weight excluding hydrogens is 342 g/mol. The minimum Gasteiger partial charge on any atom is -0.544 e. The summed E-state index contributed by atoms with van der Waals surface area (Å²) >= 11 is 0. The molecule has 4 nitrogen and oxygen atoms in total. The molecule has 0 saturated carbocycles. The predicted octanol–water partition coefficient (Wildman–Crippen LogP) is 4.00. The molecule has 0 bridgehead atoms. The Morgan fingerprint density at radius 2 is 1.69 bits per heavy atom. The smallest absolute Gasteiger partial charge is 0.242 e. The summed E-state index contributed by atoms with van der Waals surface area (Å²) < 4.78 is 6.02. The summed E-state index contributed by atoms with van der Waals surface area (Å²) in [4.78, 5) is 24.7. The van der Waals surface area contributed by atoms with Crippen LogP contribution >= 0.6 is 0 Å². The molecule has 0 radical (unpaired) electrons. The van der Waals surface area contributed by atoms with Gasteiger partial charge in [0.1, 0.15) is 5.75 Å². The van der Waals surface area contributed by atoms with E-state index in [1.54, 1.807) is 24.3 Å². The van der Waals surface area contributed by atoms with Gasteiger partial charge < -0.3 is 9.74 Å². The SMILES string of the molecule is C[Si](C)(C)Oc1cccc(CCNC2=CC(=O)c3ccccc3C2=O)c1. The van der Waals surface area contributed by atoms with Crippen molar-refractivity contribution in [2.75, 3.05) is 6.54 Å². The summed E-state index contributed by atoms with van der Waals surface area (Å²) in [5.41, 5.74) is 2.43. The average molecular weight is 366 g/mol. The highest BCUT2D eigenvalue weighted by molar-refractivity contribution is 6.70. The first-order chi connectivity index (χ1) is 12.3. The quantitative estimate of drug-likeness (QED) is 0.786. The van der Waals surface area contributed by atoms with Gasteiger partial charge in [-0.3, -0.25) is 9.59 Å². The molecule has 26 heavy (non-hydrogen) atoms. The number of nitrogens with one attached hydrogen (secondary N) is 1. The van der Waals surface area contributed by atoms with Crippen LogP contribution in [-0.2, 0) is 6.42 Å². The molecule has 2 aromatic carbocycles. The first-order valence-corrected chi connectivity index (χ1v) is 12.2. The first kappa shape index (κ1) is 18.1. The van der Waals surface area contributed by atoms with Crippen molar-refractivity contribution in [2.24, 2.45) is 0 Å². The van der Waals surface area contributed by atoms with Crippen molar-refractivity contribution in [1.82, 2.24) is 5.32 Å². The largest absolute Gasteiger partial charge is 0.544 e. The molecule has 0 fully saturated rings. The lowest BCUT2D eigenvalue weighted by Crippen LogP contribution is -2.29. The number of rotatable bonds is 6. The van der Waals surface area contributed by atoms with Crippen molar-refractivity contribution in [3.8, 4) is 5.75 Å². The van der Waals surface area contributed by atoms with Gasteiger partial charge in [0.25, 0.3) is 0 Å². The van der Waals surface area contributed by atoms with Crippen LogP contribution < -0.4 is 9.74 Å². The molecule has 1 N–H and O–H groups in total. The van der Waals surface area contributed by atoms with Crippen LogP contribution in [0.15, 0.2) is 60.3 Å². The third-order valence-electron chi connectivity index (χ3n) is 4.01. The molecule has 0 atom stereocenters. The lowest BCUT2D eigenvalue weighted by atomic mass is 9.92. The van der Waals surface area contributed by atoms with E-state index in [9.17, 15) is 9.59 Å². The Balaban J connectivity index is 1.63. The first-order valence-electron chi connectivity index (χ1n) is 8.75. The molecular formula is C21H23NO3Si. The standard InChI is InChI=1S/C21H23NO3Si/c1-26(2,3)25-16-8-6-7-15(13-16)11-12-22-19-14-20(23)17-9-4-5-10-18(17)21(19)24/h4-10,13-14,22H,11-12H2,1-3H3. The van der Waals surface area contributed by atoms with E-state index < -0.39 is 8.32 Å². The van der Waals surface area contributed by atoms with Gasteiger partial charge in [-0.15, -0.1) is 0 Å². The van der Waals surface area contributed by atoms with E-state index in [-0.39, 0.29) is 11.6 Å². The van der Waals surface area contributed by atoms with E-state index >= 15 is 0 Å². The second-order valence-electron chi connectivity index (χ2n) is 7.34. The number of carbonyl (C=O) groups is 2. The second-order valence-corrected chi connectivity index (χ2v) is 11.8. The Morgan fingerprint density at radius 3 is 2.42 bits per heavy atom. The summed E-state index contributed by atoms with van der Waals surface area (Å²) in [6.45, 7) is 7.02. The van der Waals surface area contributed by atoms with Gasteiger partial charge in [-0.05, 0) is 43.8 Å². The summed E-state index contributed by atoms with van der Waals surface area (Å²) in [7, 11) is -1.64. The van der Waals surface area contributed by atoms with Crippen LogP contribution in [0, 0.1) is 0 Å². The summed E-state index contributed by atoms with van der Waals surface area (Å²) in [6, 6.07) is 15.0. The third kappa shape index (κ3) is 4.29. The fourth-order valence-corrected chi connectivity index (χ4v) is 3.74. The van der Waals surface area contributed by atoms with Gasteiger partial charge in [-0.1, -0.05) is 36.4 Å². The van der Waals surface area contributed by atoms with Crippen LogP contribution in [0.3, 0.4) is 0 Å². The molecule has 1 aliphatic rings. The predicted molar refractivity (Wildman–Crippen MR) is 105 cm³/mol. The zero-order valence-electron chi connectivity index (χ0n) is 15.3. The molecule has 2 aromatic rings. The normalized spacial score (nSPS) is 13.9. The lowest BCUT2D eigenvalue weighted by molar-refractivity contribution is 0.0978. The van der Waals surface area contributed by atoms with E-state index in [1.807, 2.05) is 24.3 Å². The van der Waals surface area contributed by atoms with Gasteiger partial charge in [0.15, 0.2) is 5.78 Å². The molecule has 0 amide bonds. The number of hydrogen-bond acceptors (Lipinski definition) is 4. The molecule has 0 aromatic heterocycles. The van der Waals surface area contributed by atoms with E-state index in [1.165, 1.54) is 6.08 Å². The average Bonchev–Trinajstić information content (AvgIpc) is 2.58. The Kier molecular flexibility index (Phi) is 5.09. The molecule has 1 aliphatic carbocycles. The molecule has 3 rings (SSSR count). The van der Waals surface area contributed by atoms with Crippen LogP contribution in [0.4, 0.5) is 0 Å². The third-order valence-corrected chi connectivity index (χ3v) is 4.86. The fourth-order valence-electron chi connectivity index (χ4n) is 2.91. The van der Waals surface area contributed by atoms with Gasteiger partial charge in [0.2, 0.25) is 14.1 Å². The van der Waals surface area contributed by atoms with E-state index in [0.717, 1.165) is 17.7 Å². The van der Waals surface area contributed by atoms with E-state index in [4.69, 9.17) is 4.43 Å². The zero-order valence-corrected chi connectivity index (χ0v) is 16.3. The van der Waals surface area contributed by atoms with Crippen LogP contribution in [0.5, 0.6) is 5.75 Å². The maximum absolute atomic E-state index is 12.5. The molecule has 0 aliphatic heterocycles. The van der Waals surface area contributed by atoms with E-state index in [0.29, 0.717) is 23.4 Å². The number of benzene rings is 2. The Hall–Kier alpha value is -2.66. The number of carbonyl (C=O) groups excluding carboxylic acids is 2. The highest BCUT2D eigenvalue weighted by Gasteiger charge is 2.24. The second kappa shape index (κ2) is 7.29. The van der Waals surface area contributed by atoms with Crippen molar-refractivity contribution >= 4 is 19.9 Å². The minimum absolute atomic E-state index is 0.129. The van der Waals surface area contributed by atoms with Crippen LogP contribution in [0.1, 0.15) is 26.3 Å². The van der Waals surface area contributed by atoms with Gasteiger partial charge in [-0.25, -0.2) is 0 Å². The lowest BCUT2D eigenvalue weighted by Gasteiger charge is -2.20. The molecule has 0 heterocycles. The maximum atomic E-state index is 12.5.